The maximum absolute atomic E-state index is 13.8. The minimum atomic E-state index is -1.21. The van der Waals surface area contributed by atoms with E-state index in [1.54, 1.807) is 43.1 Å². The van der Waals surface area contributed by atoms with Crippen LogP contribution in [0.25, 0.3) is 16.9 Å². The van der Waals surface area contributed by atoms with E-state index >= 15 is 0 Å². The van der Waals surface area contributed by atoms with E-state index in [1.807, 2.05) is 0 Å². The van der Waals surface area contributed by atoms with Crippen LogP contribution in [0.3, 0.4) is 0 Å². The summed E-state index contributed by atoms with van der Waals surface area (Å²) < 4.78 is 25.9. The number of benzene rings is 1. The third-order valence-electron chi connectivity index (χ3n) is 5.35. The summed E-state index contributed by atoms with van der Waals surface area (Å²) in [5, 5.41) is 11.0. The minimum Gasteiger partial charge on any atom is -0.494 e. The Morgan fingerprint density at radius 3 is 2.60 bits per heavy atom. The summed E-state index contributed by atoms with van der Waals surface area (Å²) in [6.45, 7) is 0.217. The van der Waals surface area contributed by atoms with Gasteiger partial charge in [0.25, 0.3) is 5.91 Å². The second-order valence-electron chi connectivity index (χ2n) is 7.57. The van der Waals surface area contributed by atoms with Gasteiger partial charge in [-0.3, -0.25) is 14.5 Å². The van der Waals surface area contributed by atoms with Crippen molar-refractivity contribution in [1.29, 1.82) is 0 Å². The molecule has 3 aromatic heterocycles. The number of ether oxygens (including phenoxy) is 2. The summed E-state index contributed by atoms with van der Waals surface area (Å²) in [5.74, 6) is -0.649. The normalized spacial score (nSPS) is 10.9. The Morgan fingerprint density at radius 1 is 1.14 bits per heavy atom. The zero-order valence-electron chi connectivity index (χ0n) is 19.2. The van der Waals surface area contributed by atoms with Crippen LogP contribution in [0.15, 0.2) is 55.0 Å². The van der Waals surface area contributed by atoms with Crippen LogP contribution in [0.5, 0.6) is 5.75 Å². The van der Waals surface area contributed by atoms with Gasteiger partial charge in [0.2, 0.25) is 0 Å². The lowest BCUT2D eigenvalue weighted by atomic mass is 10.1. The number of anilines is 2. The molecular weight excluding hydrogens is 457 g/mol. The van der Waals surface area contributed by atoms with Crippen molar-refractivity contribution in [2.24, 2.45) is 0 Å². The number of carbonyl (C=O) groups excluding carboxylic acids is 1. The van der Waals surface area contributed by atoms with Crippen LogP contribution in [-0.4, -0.2) is 52.7 Å². The first kappa shape index (κ1) is 23.6. The number of halogens is 1. The molecular formula is C24H22FN5O5. The van der Waals surface area contributed by atoms with Gasteiger partial charge in [0.05, 0.1) is 31.2 Å². The number of methoxy groups -OCH3 is 2. The summed E-state index contributed by atoms with van der Waals surface area (Å²) >= 11 is 0. The molecule has 0 atom stereocenters. The molecule has 3 heterocycles. The average molecular weight is 479 g/mol. The maximum atomic E-state index is 13.8. The molecule has 0 saturated carbocycles. The van der Waals surface area contributed by atoms with E-state index in [-0.39, 0.29) is 24.1 Å². The predicted molar refractivity (Wildman–Crippen MR) is 126 cm³/mol. The second-order valence-corrected chi connectivity index (χ2v) is 7.57. The molecule has 0 aliphatic rings. The van der Waals surface area contributed by atoms with Gasteiger partial charge in [0, 0.05) is 49.4 Å². The Balaban J connectivity index is 1.76. The topological polar surface area (TPSA) is 118 Å². The van der Waals surface area contributed by atoms with Crippen molar-refractivity contribution < 1.29 is 28.6 Å². The van der Waals surface area contributed by atoms with Gasteiger partial charge in [-0.25, -0.2) is 19.2 Å². The lowest BCUT2D eigenvalue weighted by molar-refractivity contribution is 0.0992. The van der Waals surface area contributed by atoms with Crippen LogP contribution in [0.4, 0.5) is 20.7 Å². The summed E-state index contributed by atoms with van der Waals surface area (Å²) in [7, 11) is 4.49. The van der Waals surface area contributed by atoms with Gasteiger partial charge < -0.3 is 19.5 Å². The number of carbonyl (C=O) groups is 2. The lowest BCUT2D eigenvalue weighted by Crippen LogP contribution is -2.26. The number of hydrogen-bond acceptors (Lipinski definition) is 6. The van der Waals surface area contributed by atoms with Crippen LogP contribution >= 0.6 is 0 Å². The molecule has 0 unspecified atom stereocenters. The molecule has 4 aromatic rings. The molecule has 35 heavy (non-hydrogen) atoms. The monoisotopic (exact) mass is 479 g/mol. The Bertz CT molecular complexity index is 1400. The molecule has 0 radical (unpaired) electrons. The van der Waals surface area contributed by atoms with Gasteiger partial charge >= 0.3 is 6.09 Å². The van der Waals surface area contributed by atoms with E-state index in [1.165, 1.54) is 42.5 Å². The Hall–Kier alpha value is -4.51. The molecule has 0 saturated heterocycles. The maximum Gasteiger partial charge on any atom is 0.410 e. The summed E-state index contributed by atoms with van der Waals surface area (Å²) in [5.41, 5.74) is 3.40. The standard InChI is InChI=1S/C24H22FN5O5/c1-29(17-5-6-18(25)20(9-17)35-3)23(31)15-8-16(13-34-2)22-27-11-19(30(22)12-15)14-4-7-21(26-10-14)28-24(32)33/h4-12H,13H2,1-3H3,(H,26,28)(H,32,33). The summed E-state index contributed by atoms with van der Waals surface area (Å²) in [4.78, 5) is 34.2. The molecule has 1 aromatic carbocycles. The number of pyridine rings is 2. The lowest BCUT2D eigenvalue weighted by Gasteiger charge is -2.19. The largest absolute Gasteiger partial charge is 0.494 e. The van der Waals surface area contributed by atoms with Crippen molar-refractivity contribution in [2.75, 3.05) is 31.5 Å². The zero-order chi connectivity index (χ0) is 25.1. The average Bonchev–Trinajstić information content (AvgIpc) is 3.28. The van der Waals surface area contributed by atoms with Crippen LogP contribution in [-0.2, 0) is 11.3 Å². The van der Waals surface area contributed by atoms with E-state index in [4.69, 9.17) is 14.6 Å². The van der Waals surface area contributed by atoms with Crippen molar-refractivity contribution in [3.63, 3.8) is 0 Å². The fraction of sp³-hybridized carbons (Fsp3) is 0.167. The fourth-order valence-electron chi connectivity index (χ4n) is 3.65. The molecule has 0 fully saturated rings. The van der Waals surface area contributed by atoms with Crippen LogP contribution in [0.1, 0.15) is 15.9 Å². The number of aromatic nitrogens is 3. The number of amides is 2. The van der Waals surface area contributed by atoms with Crippen molar-refractivity contribution in [2.45, 2.75) is 6.61 Å². The molecule has 2 N–H and O–H groups in total. The molecule has 10 nitrogen and oxygen atoms in total. The highest BCUT2D eigenvalue weighted by molar-refractivity contribution is 6.06. The van der Waals surface area contributed by atoms with Crippen molar-refractivity contribution in [3.8, 4) is 17.0 Å². The molecule has 0 aliphatic heterocycles. The van der Waals surface area contributed by atoms with Crippen LogP contribution in [0, 0.1) is 5.82 Å². The number of carboxylic acid groups (broad SMARTS) is 1. The van der Waals surface area contributed by atoms with Gasteiger partial charge in [-0.1, -0.05) is 0 Å². The minimum absolute atomic E-state index is 0.0305. The van der Waals surface area contributed by atoms with E-state index in [2.05, 4.69) is 15.3 Å². The third-order valence-corrected chi connectivity index (χ3v) is 5.35. The SMILES string of the molecule is COCc1cc(C(=O)N(C)c2ccc(F)c(OC)c2)cn2c(-c3ccc(NC(=O)O)nc3)cnc12. The first-order valence-electron chi connectivity index (χ1n) is 10.4. The van der Waals surface area contributed by atoms with Gasteiger partial charge in [-0.15, -0.1) is 0 Å². The first-order chi connectivity index (χ1) is 16.8. The van der Waals surface area contributed by atoms with E-state index < -0.39 is 11.9 Å². The van der Waals surface area contributed by atoms with Crippen molar-refractivity contribution >= 4 is 29.2 Å². The van der Waals surface area contributed by atoms with Gasteiger partial charge in [0.15, 0.2) is 11.6 Å². The number of fused-ring (bicyclic) bond motifs is 1. The van der Waals surface area contributed by atoms with Gasteiger partial charge in [-0.05, 0) is 30.3 Å². The highest BCUT2D eigenvalue weighted by atomic mass is 19.1. The van der Waals surface area contributed by atoms with Gasteiger partial charge in [-0.2, -0.15) is 0 Å². The Morgan fingerprint density at radius 2 is 1.94 bits per heavy atom. The zero-order valence-corrected chi connectivity index (χ0v) is 19.2. The predicted octanol–water partition coefficient (Wildman–Crippen LogP) is 4.06. The highest BCUT2D eigenvalue weighted by Crippen LogP contribution is 2.27. The number of nitrogens with one attached hydrogen (secondary N) is 1. The van der Waals surface area contributed by atoms with E-state index in [0.717, 1.165) is 0 Å². The quantitative estimate of drug-likeness (QED) is 0.410. The van der Waals surface area contributed by atoms with Gasteiger partial charge in [0.1, 0.15) is 11.5 Å². The second kappa shape index (κ2) is 9.77. The molecule has 180 valence electrons. The van der Waals surface area contributed by atoms with Crippen LogP contribution in [0.2, 0.25) is 0 Å². The first-order valence-corrected chi connectivity index (χ1v) is 10.4. The van der Waals surface area contributed by atoms with Crippen LogP contribution < -0.4 is 15.0 Å². The smallest absolute Gasteiger partial charge is 0.410 e. The van der Waals surface area contributed by atoms with E-state index in [0.29, 0.717) is 33.7 Å². The van der Waals surface area contributed by atoms with E-state index in [9.17, 15) is 14.0 Å². The number of hydrogen-bond donors (Lipinski definition) is 2. The summed E-state index contributed by atoms with van der Waals surface area (Å²) in [6.07, 6.45) is 3.59. The molecule has 0 bridgehead atoms. The fourth-order valence-corrected chi connectivity index (χ4v) is 3.65. The number of imidazole rings is 1. The molecule has 11 heteroatoms. The molecule has 0 spiro atoms. The molecule has 2 amide bonds. The highest BCUT2D eigenvalue weighted by Gasteiger charge is 2.20. The number of nitrogens with zero attached hydrogens (tertiary/aromatic N) is 4. The molecule has 0 aliphatic carbocycles. The number of rotatable bonds is 7. The Labute approximate surface area is 199 Å². The summed E-state index contributed by atoms with van der Waals surface area (Å²) in [6, 6.07) is 9.11. The van der Waals surface area contributed by atoms with Crippen molar-refractivity contribution in [3.05, 3.63) is 71.9 Å². The van der Waals surface area contributed by atoms with Crippen molar-refractivity contribution in [1.82, 2.24) is 14.4 Å². The molecule has 4 rings (SSSR count). The Kier molecular flexibility index (Phi) is 6.60. The third kappa shape index (κ3) is 4.75.